The van der Waals surface area contributed by atoms with E-state index >= 15 is 0 Å². The van der Waals surface area contributed by atoms with Gasteiger partial charge in [0.2, 0.25) is 0 Å². The molecule has 1 atom stereocenters. The molecular weight excluding hydrogens is 410 g/mol. The quantitative estimate of drug-likeness (QED) is 0.104. The van der Waals surface area contributed by atoms with Crippen molar-refractivity contribution < 1.29 is 0 Å². The molecular formula is C26H56ClP2+. The van der Waals surface area contributed by atoms with Crippen molar-refractivity contribution in [2.45, 2.75) is 143 Å². The number of rotatable bonds is 23. The van der Waals surface area contributed by atoms with E-state index in [1.165, 1.54) is 140 Å². The summed E-state index contributed by atoms with van der Waals surface area (Å²) in [6, 6.07) is 0. The molecule has 3 heteroatoms. The van der Waals surface area contributed by atoms with E-state index in [0.717, 1.165) is 0 Å². The van der Waals surface area contributed by atoms with Gasteiger partial charge in [-0.3, -0.25) is 0 Å². The molecule has 0 nitrogen and oxygen atoms in total. The van der Waals surface area contributed by atoms with Crippen LogP contribution in [0.1, 0.15) is 143 Å². The second-order valence-corrected chi connectivity index (χ2v) is 20.0. The van der Waals surface area contributed by atoms with Crippen molar-refractivity contribution in [2.75, 3.05) is 24.6 Å². The molecule has 0 N–H and O–H groups in total. The normalized spacial score (nSPS) is 13.1. The summed E-state index contributed by atoms with van der Waals surface area (Å²) in [5, 5.41) is 0. The standard InChI is InChI=1S/C26H56ClP2/c1-5-9-12-15-18-21-24-29(28(27)8-4,25-22-19-16-13-10-6-2)26-23-20-17-14-11-7-3/h5-26H2,1-4H3/q+1. The first-order valence-corrected chi connectivity index (χ1v) is 18.9. The first kappa shape index (κ1) is 30.1. The first-order chi connectivity index (χ1) is 14.2. The molecule has 0 radical (unpaired) electrons. The Morgan fingerprint density at radius 3 is 1.00 bits per heavy atom. The van der Waals surface area contributed by atoms with E-state index in [2.05, 4.69) is 27.7 Å². The van der Waals surface area contributed by atoms with Gasteiger partial charge >= 0.3 is 0 Å². The summed E-state index contributed by atoms with van der Waals surface area (Å²) in [5.74, 6) is 0. The Labute approximate surface area is 192 Å². The fraction of sp³-hybridized carbons (Fsp3) is 1.00. The van der Waals surface area contributed by atoms with E-state index in [1.54, 1.807) is 0 Å². The highest BCUT2D eigenvalue weighted by molar-refractivity contribution is 8.47. The maximum Gasteiger partial charge on any atom is 0.150 e. The molecule has 176 valence electrons. The third kappa shape index (κ3) is 16.4. The van der Waals surface area contributed by atoms with Crippen molar-refractivity contribution in [3.05, 3.63) is 0 Å². The van der Waals surface area contributed by atoms with E-state index in [4.69, 9.17) is 11.2 Å². The van der Waals surface area contributed by atoms with Gasteiger partial charge in [0, 0.05) is 13.1 Å². The van der Waals surface area contributed by atoms with Crippen LogP contribution < -0.4 is 0 Å². The molecule has 0 saturated carbocycles. The SMILES string of the molecule is CCCCCCCC[P+](CCCCCCCC)(CCCCCCCC)P(Cl)CC. The zero-order valence-corrected chi connectivity index (χ0v) is 23.4. The summed E-state index contributed by atoms with van der Waals surface area (Å²) in [4.78, 5) is 0. The van der Waals surface area contributed by atoms with Crippen LogP contribution in [0.3, 0.4) is 0 Å². The molecule has 0 fully saturated rings. The van der Waals surface area contributed by atoms with Crippen molar-refractivity contribution in [1.82, 2.24) is 0 Å². The molecule has 0 aromatic heterocycles. The third-order valence-corrected chi connectivity index (χ3v) is 20.4. The molecule has 1 unspecified atom stereocenters. The second kappa shape index (κ2) is 22.3. The summed E-state index contributed by atoms with van der Waals surface area (Å²) < 4.78 is 0. The van der Waals surface area contributed by atoms with Crippen LogP contribution in [0.25, 0.3) is 0 Å². The van der Waals surface area contributed by atoms with Crippen LogP contribution in [0.5, 0.6) is 0 Å². The van der Waals surface area contributed by atoms with Crippen molar-refractivity contribution in [3.8, 4) is 0 Å². The Hall–Kier alpha value is 1.15. The third-order valence-electron chi connectivity index (χ3n) is 6.50. The van der Waals surface area contributed by atoms with Crippen LogP contribution in [0.15, 0.2) is 0 Å². The summed E-state index contributed by atoms with van der Waals surface area (Å²) in [6.45, 7) is 8.18. The number of hydrogen-bond donors (Lipinski definition) is 0. The first-order valence-electron chi connectivity index (χ1n) is 13.5. The lowest BCUT2D eigenvalue weighted by Crippen LogP contribution is -2.08. The molecule has 0 aliphatic carbocycles. The van der Waals surface area contributed by atoms with Crippen molar-refractivity contribution in [3.63, 3.8) is 0 Å². The minimum absolute atomic E-state index is 0.225. The highest BCUT2D eigenvalue weighted by Gasteiger charge is 2.43. The molecule has 0 heterocycles. The van der Waals surface area contributed by atoms with Gasteiger partial charge < -0.3 is 0 Å². The molecule has 0 aromatic carbocycles. The fourth-order valence-corrected chi connectivity index (χ4v) is 15.9. The van der Waals surface area contributed by atoms with Crippen molar-refractivity contribution >= 4 is 25.2 Å². The molecule has 0 aliphatic heterocycles. The van der Waals surface area contributed by atoms with E-state index in [-0.39, 0.29) is 6.96 Å². The lowest BCUT2D eigenvalue weighted by atomic mass is 10.1. The molecule has 0 spiro atoms. The number of unbranched alkanes of at least 4 members (excludes halogenated alkanes) is 15. The van der Waals surface area contributed by atoms with Gasteiger partial charge in [-0.15, -0.1) is 0 Å². The molecule has 0 aliphatic rings. The molecule has 0 bridgehead atoms. The van der Waals surface area contributed by atoms with Gasteiger partial charge in [-0.05, 0) is 49.8 Å². The van der Waals surface area contributed by atoms with Gasteiger partial charge in [0.25, 0.3) is 0 Å². The molecule has 0 rings (SSSR count). The van der Waals surface area contributed by atoms with Gasteiger partial charge in [0.15, 0.2) is 0 Å². The molecule has 0 aromatic rings. The van der Waals surface area contributed by atoms with Gasteiger partial charge in [-0.2, -0.15) is 0 Å². The molecule has 0 saturated heterocycles. The number of hydrogen-bond acceptors (Lipinski definition) is 0. The topological polar surface area (TPSA) is 0 Å². The van der Waals surface area contributed by atoms with Crippen molar-refractivity contribution in [2.24, 2.45) is 0 Å². The lowest BCUT2D eigenvalue weighted by Gasteiger charge is -2.31. The van der Waals surface area contributed by atoms with Crippen LogP contribution in [0.2, 0.25) is 0 Å². The Bertz CT molecular complexity index is 281. The fourth-order valence-electron chi connectivity index (χ4n) is 4.52. The van der Waals surface area contributed by atoms with E-state index in [9.17, 15) is 0 Å². The highest BCUT2D eigenvalue weighted by atomic mass is 35.7. The van der Waals surface area contributed by atoms with Crippen LogP contribution in [-0.2, 0) is 0 Å². The average molecular weight is 466 g/mol. The zero-order valence-electron chi connectivity index (χ0n) is 20.8. The molecule has 29 heavy (non-hydrogen) atoms. The summed E-state index contributed by atoms with van der Waals surface area (Å²) in [5.41, 5.74) is 0. The second-order valence-electron chi connectivity index (χ2n) is 9.22. The summed E-state index contributed by atoms with van der Waals surface area (Å²) in [7, 11) is 0. The smallest absolute Gasteiger partial charge is 0.0654 e. The van der Waals surface area contributed by atoms with Crippen LogP contribution in [0.4, 0.5) is 0 Å². The maximum absolute atomic E-state index is 7.19. The Kier molecular flexibility index (Phi) is 23.2. The predicted molar refractivity (Wildman–Crippen MR) is 145 cm³/mol. The van der Waals surface area contributed by atoms with Gasteiger partial charge in [0.1, 0.15) is 6.96 Å². The summed E-state index contributed by atoms with van der Waals surface area (Å²) >= 11 is 7.19. The van der Waals surface area contributed by atoms with Crippen LogP contribution in [-0.4, -0.2) is 24.6 Å². The van der Waals surface area contributed by atoms with Gasteiger partial charge in [0.05, 0.1) is 18.5 Å². The van der Waals surface area contributed by atoms with E-state index in [0.29, 0.717) is 0 Å². The van der Waals surface area contributed by atoms with Crippen molar-refractivity contribution in [1.29, 1.82) is 0 Å². The highest BCUT2D eigenvalue weighted by Crippen LogP contribution is 2.87. The van der Waals surface area contributed by atoms with Gasteiger partial charge in [-0.1, -0.05) is 105 Å². The van der Waals surface area contributed by atoms with Crippen LogP contribution in [0, 0.1) is 0 Å². The minimum Gasteiger partial charge on any atom is -0.0654 e. The van der Waals surface area contributed by atoms with Crippen LogP contribution >= 0.6 is 25.2 Å². The maximum atomic E-state index is 7.19. The predicted octanol–water partition coefficient (Wildman–Crippen LogP) is 11.7. The average Bonchev–Trinajstić information content (AvgIpc) is 2.74. The van der Waals surface area contributed by atoms with E-state index < -0.39 is 6.95 Å². The lowest BCUT2D eigenvalue weighted by molar-refractivity contribution is 0.617. The largest absolute Gasteiger partial charge is 0.150 e. The Morgan fingerprint density at radius 2 is 0.724 bits per heavy atom. The monoisotopic (exact) mass is 465 g/mol. The Morgan fingerprint density at radius 1 is 0.448 bits per heavy atom. The van der Waals surface area contributed by atoms with E-state index in [1.807, 2.05) is 0 Å². The number of halogens is 1. The molecule has 0 amide bonds. The van der Waals surface area contributed by atoms with Gasteiger partial charge in [-0.25, -0.2) is 0 Å². The minimum atomic E-state index is -0.924. The zero-order chi connectivity index (χ0) is 21.6. The summed E-state index contributed by atoms with van der Waals surface area (Å²) in [6.07, 6.45) is 31.6. The Balaban J connectivity index is 4.62.